The number of guanidine groups is 1. The van der Waals surface area contributed by atoms with Crippen LogP contribution >= 0.6 is 24.0 Å². The maximum Gasteiger partial charge on any atom is 0.193 e. The van der Waals surface area contributed by atoms with Gasteiger partial charge in [-0.05, 0) is 50.7 Å². The van der Waals surface area contributed by atoms with Crippen LogP contribution in [0.2, 0.25) is 0 Å². The number of hydrogen-bond donors (Lipinski definition) is 1. The Morgan fingerprint density at radius 1 is 1.37 bits per heavy atom. The number of aryl methyl sites for hydroxylation is 1. The van der Waals surface area contributed by atoms with Crippen LogP contribution < -0.4 is 5.32 Å². The van der Waals surface area contributed by atoms with Gasteiger partial charge in [0.25, 0.3) is 0 Å². The average Bonchev–Trinajstić information content (AvgIpc) is 2.99. The molecule has 156 valence electrons. The molecule has 2 heterocycles. The van der Waals surface area contributed by atoms with Gasteiger partial charge in [0, 0.05) is 46.0 Å². The van der Waals surface area contributed by atoms with Gasteiger partial charge >= 0.3 is 0 Å². The Hall–Kier alpha value is -0.830. The Labute approximate surface area is 182 Å². The number of halogens is 1. The first kappa shape index (κ1) is 24.2. The van der Waals surface area contributed by atoms with E-state index in [0.29, 0.717) is 5.92 Å². The summed E-state index contributed by atoms with van der Waals surface area (Å²) in [6, 6.07) is 0. The normalized spacial score (nSPS) is 16.5. The van der Waals surface area contributed by atoms with Gasteiger partial charge in [-0.3, -0.25) is 9.67 Å². The molecule has 0 bridgehead atoms. The lowest BCUT2D eigenvalue weighted by molar-refractivity contribution is 0.187. The van der Waals surface area contributed by atoms with E-state index in [9.17, 15) is 0 Å². The highest BCUT2D eigenvalue weighted by atomic mass is 127. The molecule has 27 heavy (non-hydrogen) atoms. The summed E-state index contributed by atoms with van der Waals surface area (Å²) in [7, 11) is 5.96. The number of nitrogens with one attached hydrogen (secondary N) is 1. The van der Waals surface area contributed by atoms with Gasteiger partial charge in [0.2, 0.25) is 0 Å². The zero-order chi connectivity index (χ0) is 19.1. The summed E-state index contributed by atoms with van der Waals surface area (Å²) in [5.41, 5.74) is 2.46. The molecule has 0 amide bonds. The fourth-order valence-electron chi connectivity index (χ4n) is 3.86. The van der Waals surface area contributed by atoms with E-state index in [1.165, 1.54) is 50.2 Å². The lowest BCUT2D eigenvalue weighted by Gasteiger charge is -2.31. The summed E-state index contributed by atoms with van der Waals surface area (Å²) in [6.07, 6.45) is 6.02. The Bertz CT molecular complexity index is 575. The molecule has 1 N–H and O–H groups in total. The van der Waals surface area contributed by atoms with Crippen LogP contribution in [0.25, 0.3) is 0 Å². The van der Waals surface area contributed by atoms with Crippen molar-refractivity contribution < 1.29 is 0 Å². The summed E-state index contributed by atoms with van der Waals surface area (Å²) in [5, 5.41) is 8.16. The Balaban J connectivity index is 0.00000364. The minimum Gasteiger partial charge on any atom is -0.356 e. The predicted molar refractivity (Wildman–Crippen MR) is 125 cm³/mol. The number of likely N-dealkylation sites (tertiary alicyclic amines) is 1. The number of hydrogen-bond acceptors (Lipinski definition) is 3. The Morgan fingerprint density at radius 3 is 2.59 bits per heavy atom. The first-order chi connectivity index (χ1) is 12.4. The van der Waals surface area contributed by atoms with Crippen molar-refractivity contribution in [3.05, 3.63) is 17.5 Å². The zero-order valence-corrected chi connectivity index (χ0v) is 20.4. The van der Waals surface area contributed by atoms with Crippen molar-refractivity contribution >= 4 is 29.9 Å². The molecule has 0 saturated carbocycles. The molecule has 1 saturated heterocycles. The van der Waals surface area contributed by atoms with E-state index < -0.39 is 0 Å². The molecule has 7 heteroatoms. The quantitative estimate of drug-likeness (QED) is 0.362. The van der Waals surface area contributed by atoms with Crippen LogP contribution in [0.5, 0.6) is 0 Å². The molecule has 1 aliphatic rings. The lowest BCUT2D eigenvalue weighted by Crippen LogP contribution is -2.40. The van der Waals surface area contributed by atoms with Crippen LogP contribution in [-0.4, -0.2) is 65.8 Å². The van der Waals surface area contributed by atoms with Crippen molar-refractivity contribution in [2.24, 2.45) is 18.0 Å². The van der Waals surface area contributed by atoms with Gasteiger partial charge in [0.15, 0.2) is 5.96 Å². The molecule has 1 aromatic heterocycles. The fourth-order valence-corrected chi connectivity index (χ4v) is 3.86. The predicted octanol–water partition coefficient (Wildman–Crippen LogP) is 3.29. The maximum absolute atomic E-state index is 4.61. The molecule has 6 nitrogen and oxygen atoms in total. The van der Waals surface area contributed by atoms with Crippen LogP contribution in [-0.2, 0) is 13.6 Å². The minimum atomic E-state index is 0. The van der Waals surface area contributed by atoms with Crippen LogP contribution in [0.3, 0.4) is 0 Å². The topological polar surface area (TPSA) is 48.7 Å². The third-order valence-corrected chi connectivity index (χ3v) is 5.45. The summed E-state index contributed by atoms with van der Waals surface area (Å²) < 4.78 is 1.91. The van der Waals surface area contributed by atoms with E-state index in [2.05, 4.69) is 59.2 Å². The standard InChI is InChI=1S/C20H38N6.HI/c1-7-26-12-9-17(10-13-26)8-11-22-20(21-4)24(5)14-18-15-25(6)23-19(18)16(2)3;/h15-17H,7-14H2,1-6H3,(H,21,22);1H. The molecule has 2 rings (SSSR count). The van der Waals surface area contributed by atoms with E-state index in [1.807, 2.05) is 18.8 Å². The van der Waals surface area contributed by atoms with Crippen LogP contribution in [0.15, 0.2) is 11.2 Å². The summed E-state index contributed by atoms with van der Waals surface area (Å²) >= 11 is 0. The molecule has 0 unspecified atom stereocenters. The molecule has 0 atom stereocenters. The number of aromatic nitrogens is 2. The summed E-state index contributed by atoms with van der Waals surface area (Å²) in [5.74, 6) is 2.25. The fraction of sp³-hybridized carbons (Fsp3) is 0.800. The van der Waals surface area contributed by atoms with Crippen molar-refractivity contribution in [1.82, 2.24) is 24.9 Å². The van der Waals surface area contributed by atoms with Crippen molar-refractivity contribution in [3.8, 4) is 0 Å². The molecular weight excluding hydrogens is 451 g/mol. The lowest BCUT2D eigenvalue weighted by atomic mass is 9.93. The average molecular weight is 490 g/mol. The second kappa shape index (κ2) is 11.9. The molecule has 0 aliphatic carbocycles. The molecular formula is C20H39IN6. The molecule has 1 aromatic rings. The first-order valence-corrected chi connectivity index (χ1v) is 10.1. The second-order valence-corrected chi connectivity index (χ2v) is 7.86. The third-order valence-electron chi connectivity index (χ3n) is 5.45. The Morgan fingerprint density at radius 2 is 2.04 bits per heavy atom. The van der Waals surface area contributed by atoms with Crippen molar-refractivity contribution in [1.29, 1.82) is 0 Å². The number of rotatable bonds is 7. The molecule has 0 spiro atoms. The van der Waals surface area contributed by atoms with Gasteiger partial charge in [-0.1, -0.05) is 20.8 Å². The minimum absolute atomic E-state index is 0. The van der Waals surface area contributed by atoms with E-state index in [1.54, 1.807) is 0 Å². The Kier molecular flexibility index (Phi) is 10.7. The molecule has 0 aromatic carbocycles. The molecule has 0 radical (unpaired) electrons. The second-order valence-electron chi connectivity index (χ2n) is 7.86. The van der Waals surface area contributed by atoms with Gasteiger partial charge in [-0.25, -0.2) is 0 Å². The molecule has 1 fully saturated rings. The van der Waals surface area contributed by atoms with E-state index in [-0.39, 0.29) is 24.0 Å². The van der Waals surface area contributed by atoms with Gasteiger partial charge in [0.1, 0.15) is 0 Å². The third kappa shape index (κ3) is 7.25. The monoisotopic (exact) mass is 490 g/mol. The maximum atomic E-state index is 4.61. The van der Waals surface area contributed by atoms with E-state index in [0.717, 1.165) is 25.0 Å². The highest BCUT2D eigenvalue weighted by molar-refractivity contribution is 14.0. The number of aliphatic imine (C=N–C) groups is 1. The highest BCUT2D eigenvalue weighted by Crippen LogP contribution is 2.20. The first-order valence-electron chi connectivity index (χ1n) is 10.1. The smallest absolute Gasteiger partial charge is 0.193 e. The van der Waals surface area contributed by atoms with Crippen molar-refractivity contribution in [2.45, 2.75) is 52.5 Å². The van der Waals surface area contributed by atoms with Gasteiger partial charge in [0.05, 0.1) is 5.69 Å². The number of nitrogens with zero attached hydrogens (tertiary/aromatic N) is 5. The van der Waals surface area contributed by atoms with Crippen molar-refractivity contribution in [2.75, 3.05) is 40.3 Å². The number of piperidine rings is 1. The zero-order valence-electron chi connectivity index (χ0n) is 18.0. The van der Waals surface area contributed by atoms with Gasteiger partial charge < -0.3 is 15.1 Å². The van der Waals surface area contributed by atoms with Crippen molar-refractivity contribution in [3.63, 3.8) is 0 Å². The van der Waals surface area contributed by atoms with Crippen LogP contribution in [0.4, 0.5) is 0 Å². The van der Waals surface area contributed by atoms with Gasteiger partial charge in [-0.2, -0.15) is 5.10 Å². The largest absolute Gasteiger partial charge is 0.356 e. The van der Waals surface area contributed by atoms with Crippen LogP contribution in [0.1, 0.15) is 57.2 Å². The van der Waals surface area contributed by atoms with E-state index in [4.69, 9.17) is 0 Å². The highest BCUT2D eigenvalue weighted by Gasteiger charge is 2.18. The SMILES string of the molecule is CCN1CCC(CCNC(=NC)N(C)Cc2cn(C)nc2C(C)C)CC1.I. The van der Waals surface area contributed by atoms with E-state index >= 15 is 0 Å². The summed E-state index contributed by atoms with van der Waals surface area (Å²) in [6.45, 7) is 12.2. The molecule has 1 aliphatic heterocycles. The van der Waals surface area contributed by atoms with Gasteiger partial charge in [-0.15, -0.1) is 24.0 Å². The summed E-state index contributed by atoms with van der Waals surface area (Å²) in [4.78, 5) is 9.22. The van der Waals surface area contributed by atoms with Crippen LogP contribution in [0, 0.1) is 5.92 Å².